The van der Waals surface area contributed by atoms with Crippen molar-refractivity contribution in [3.63, 3.8) is 0 Å². The fourth-order valence-electron chi connectivity index (χ4n) is 1.56. The van der Waals surface area contributed by atoms with Crippen molar-refractivity contribution in [1.82, 2.24) is 0 Å². The van der Waals surface area contributed by atoms with Crippen molar-refractivity contribution < 1.29 is 4.48 Å². The highest BCUT2D eigenvalue weighted by molar-refractivity contribution is 7.99. The lowest BCUT2D eigenvalue weighted by molar-refractivity contribution is 0.618. The molecular weight excluding hydrogens is 199 g/mol. The van der Waals surface area contributed by atoms with Crippen LogP contribution in [0.2, 0.25) is 0 Å². The zero-order chi connectivity index (χ0) is 9.80. The predicted octanol–water partition coefficient (Wildman–Crippen LogP) is 2.54. The first kappa shape index (κ1) is 9.65. The van der Waals surface area contributed by atoms with Gasteiger partial charge in [-0.25, -0.2) is 5.54 Å². The Labute approximate surface area is 87.4 Å². The van der Waals surface area contributed by atoms with E-state index in [1.807, 2.05) is 23.9 Å². The molecule has 2 rings (SSSR count). The van der Waals surface area contributed by atoms with E-state index in [4.69, 9.17) is 0 Å². The highest BCUT2D eigenvalue weighted by Crippen LogP contribution is 2.21. The number of thioether (sulfide) groups is 1. The Morgan fingerprint density at radius 1 is 1.14 bits per heavy atom. The van der Waals surface area contributed by atoms with Gasteiger partial charge >= 0.3 is 0 Å². The van der Waals surface area contributed by atoms with Crippen molar-refractivity contribution in [2.75, 3.05) is 35.0 Å². The van der Waals surface area contributed by atoms with Gasteiger partial charge in [0, 0.05) is 30.3 Å². The maximum absolute atomic E-state index is 12.0. The summed E-state index contributed by atoms with van der Waals surface area (Å²) in [5.41, 5.74) is 3.33. The number of anilines is 2. The van der Waals surface area contributed by atoms with Gasteiger partial charge in [0.05, 0.1) is 5.69 Å². The number of nitrogens with zero attached hydrogens (tertiary/aromatic N) is 1. The third kappa shape index (κ3) is 2.12. The molecule has 1 aliphatic rings. The zero-order valence-corrected chi connectivity index (χ0v) is 8.69. The molecule has 76 valence electrons. The minimum atomic E-state index is 0.514. The standard InChI is InChI=1S/C10H13FN2S/c11-12-9-1-3-10(4-2-9)13-5-7-14-8-6-13/h1-4,12H,5-8H2. The highest BCUT2D eigenvalue weighted by Gasteiger charge is 2.10. The van der Waals surface area contributed by atoms with Gasteiger partial charge in [-0.1, -0.05) is 0 Å². The predicted molar refractivity (Wildman–Crippen MR) is 60.7 cm³/mol. The first-order valence-electron chi connectivity index (χ1n) is 4.69. The lowest BCUT2D eigenvalue weighted by atomic mass is 10.2. The number of hydrogen-bond acceptors (Lipinski definition) is 3. The SMILES string of the molecule is FNc1ccc(N2CCSCC2)cc1. The Balaban J connectivity index is 2.07. The molecule has 0 atom stereocenters. The molecule has 0 unspecified atom stereocenters. The molecule has 0 bridgehead atoms. The van der Waals surface area contributed by atoms with Crippen molar-refractivity contribution in [3.8, 4) is 0 Å². The molecule has 1 aromatic rings. The van der Waals surface area contributed by atoms with Gasteiger partial charge in [0.2, 0.25) is 0 Å². The van der Waals surface area contributed by atoms with Crippen molar-refractivity contribution in [1.29, 1.82) is 0 Å². The van der Waals surface area contributed by atoms with E-state index in [2.05, 4.69) is 4.90 Å². The molecule has 1 aliphatic heterocycles. The van der Waals surface area contributed by atoms with Crippen LogP contribution < -0.4 is 10.4 Å². The van der Waals surface area contributed by atoms with Crippen molar-refractivity contribution in [2.45, 2.75) is 0 Å². The summed E-state index contributed by atoms with van der Waals surface area (Å²) in [7, 11) is 0. The summed E-state index contributed by atoms with van der Waals surface area (Å²) in [4.78, 5) is 2.33. The summed E-state index contributed by atoms with van der Waals surface area (Å²) in [6.45, 7) is 2.18. The molecule has 1 N–H and O–H groups in total. The van der Waals surface area contributed by atoms with E-state index in [-0.39, 0.29) is 0 Å². The summed E-state index contributed by atoms with van der Waals surface area (Å²) >= 11 is 1.99. The Kier molecular flexibility index (Phi) is 3.14. The van der Waals surface area contributed by atoms with Crippen LogP contribution in [0.3, 0.4) is 0 Å². The Hall–Kier alpha value is -0.900. The summed E-state index contributed by atoms with van der Waals surface area (Å²) < 4.78 is 12.0. The van der Waals surface area contributed by atoms with Crippen LogP contribution in [0.25, 0.3) is 0 Å². The number of benzene rings is 1. The zero-order valence-electron chi connectivity index (χ0n) is 7.87. The molecule has 0 spiro atoms. The minimum Gasteiger partial charge on any atom is -0.370 e. The van der Waals surface area contributed by atoms with Crippen LogP contribution in [-0.4, -0.2) is 24.6 Å². The van der Waals surface area contributed by atoms with Crippen LogP contribution in [0.4, 0.5) is 15.9 Å². The highest BCUT2D eigenvalue weighted by atomic mass is 32.2. The number of nitrogens with one attached hydrogen (secondary N) is 1. The molecule has 0 amide bonds. The second kappa shape index (κ2) is 4.55. The molecule has 1 aromatic carbocycles. The molecule has 2 nitrogen and oxygen atoms in total. The molecule has 1 fully saturated rings. The Morgan fingerprint density at radius 2 is 1.79 bits per heavy atom. The molecular formula is C10H13FN2S. The van der Waals surface area contributed by atoms with E-state index in [1.165, 1.54) is 17.2 Å². The maximum Gasteiger partial charge on any atom is 0.0657 e. The summed E-state index contributed by atoms with van der Waals surface area (Å²) in [6, 6.07) is 7.43. The van der Waals surface area contributed by atoms with Crippen molar-refractivity contribution in [2.24, 2.45) is 0 Å². The van der Waals surface area contributed by atoms with Gasteiger partial charge in [-0.05, 0) is 24.3 Å². The molecule has 1 heterocycles. The number of halogens is 1. The fraction of sp³-hybridized carbons (Fsp3) is 0.400. The average molecular weight is 212 g/mol. The number of rotatable bonds is 2. The van der Waals surface area contributed by atoms with Gasteiger partial charge in [0.25, 0.3) is 0 Å². The number of hydrogen-bond donors (Lipinski definition) is 1. The van der Waals surface area contributed by atoms with Crippen LogP contribution in [0.15, 0.2) is 24.3 Å². The van der Waals surface area contributed by atoms with Crippen LogP contribution >= 0.6 is 11.8 Å². The smallest absolute Gasteiger partial charge is 0.0657 e. The van der Waals surface area contributed by atoms with E-state index in [0.717, 1.165) is 13.1 Å². The van der Waals surface area contributed by atoms with Crippen LogP contribution in [0, 0.1) is 0 Å². The van der Waals surface area contributed by atoms with Gasteiger partial charge in [-0.15, -0.1) is 4.48 Å². The molecule has 0 aliphatic carbocycles. The van der Waals surface area contributed by atoms with Crippen LogP contribution in [0.5, 0.6) is 0 Å². The molecule has 0 radical (unpaired) electrons. The van der Waals surface area contributed by atoms with E-state index in [0.29, 0.717) is 5.69 Å². The third-order valence-electron chi connectivity index (χ3n) is 2.35. The van der Waals surface area contributed by atoms with Crippen molar-refractivity contribution in [3.05, 3.63) is 24.3 Å². The maximum atomic E-state index is 12.0. The first-order valence-corrected chi connectivity index (χ1v) is 5.85. The van der Waals surface area contributed by atoms with Crippen LogP contribution in [-0.2, 0) is 0 Å². The lowest BCUT2D eigenvalue weighted by Gasteiger charge is -2.28. The lowest BCUT2D eigenvalue weighted by Crippen LogP contribution is -2.32. The van der Waals surface area contributed by atoms with E-state index in [9.17, 15) is 4.48 Å². The minimum absolute atomic E-state index is 0.514. The van der Waals surface area contributed by atoms with E-state index < -0.39 is 0 Å². The first-order chi connectivity index (χ1) is 6.90. The monoisotopic (exact) mass is 212 g/mol. The van der Waals surface area contributed by atoms with Crippen molar-refractivity contribution >= 4 is 23.1 Å². The fourth-order valence-corrected chi connectivity index (χ4v) is 2.46. The largest absolute Gasteiger partial charge is 0.370 e. The van der Waals surface area contributed by atoms with Gasteiger partial charge in [-0.2, -0.15) is 11.8 Å². The molecule has 1 saturated heterocycles. The van der Waals surface area contributed by atoms with Gasteiger partial charge in [-0.3, -0.25) is 0 Å². The van der Waals surface area contributed by atoms with Crippen LogP contribution in [0.1, 0.15) is 0 Å². The third-order valence-corrected chi connectivity index (χ3v) is 3.30. The molecule has 0 saturated carbocycles. The molecule has 4 heteroatoms. The Bertz CT molecular complexity index is 283. The molecule has 0 aromatic heterocycles. The van der Waals surface area contributed by atoms with Gasteiger partial charge in [0.1, 0.15) is 0 Å². The van der Waals surface area contributed by atoms with E-state index >= 15 is 0 Å². The van der Waals surface area contributed by atoms with Gasteiger partial charge in [0.15, 0.2) is 0 Å². The Morgan fingerprint density at radius 3 is 2.36 bits per heavy atom. The quantitative estimate of drug-likeness (QED) is 0.758. The molecule has 14 heavy (non-hydrogen) atoms. The summed E-state index contributed by atoms with van der Waals surface area (Å²) in [5, 5.41) is 0. The van der Waals surface area contributed by atoms with E-state index in [1.54, 1.807) is 17.7 Å². The normalized spacial score (nSPS) is 16.8. The topological polar surface area (TPSA) is 15.3 Å². The van der Waals surface area contributed by atoms with Gasteiger partial charge < -0.3 is 4.90 Å². The second-order valence-electron chi connectivity index (χ2n) is 3.24. The average Bonchev–Trinajstić information content (AvgIpc) is 2.30. The summed E-state index contributed by atoms with van der Waals surface area (Å²) in [5.74, 6) is 2.37. The second-order valence-corrected chi connectivity index (χ2v) is 4.47. The summed E-state index contributed by atoms with van der Waals surface area (Å²) in [6.07, 6.45) is 0.